The quantitative estimate of drug-likeness (QED) is 0.813. The van der Waals surface area contributed by atoms with Crippen LogP contribution in [0, 0.1) is 0 Å². The van der Waals surface area contributed by atoms with Gasteiger partial charge in [0.2, 0.25) is 0 Å². The number of rotatable bonds is 6. The summed E-state index contributed by atoms with van der Waals surface area (Å²) in [6, 6.07) is 5.83. The second kappa shape index (κ2) is 6.16. The number of hydrogen-bond acceptors (Lipinski definition) is 3. The number of unbranched alkanes of at least 4 members (excludes halogenated alkanes) is 1. The van der Waals surface area contributed by atoms with Gasteiger partial charge in [0.15, 0.2) is 18.1 Å². The van der Waals surface area contributed by atoms with Crippen molar-refractivity contribution in [1.82, 2.24) is 5.32 Å². The fourth-order valence-corrected chi connectivity index (χ4v) is 2.30. The highest BCUT2D eigenvalue weighted by Gasteiger charge is 2.32. The minimum atomic E-state index is -0.203. The van der Waals surface area contributed by atoms with Crippen molar-refractivity contribution in [2.24, 2.45) is 0 Å². The van der Waals surface area contributed by atoms with Gasteiger partial charge in [0.25, 0.3) is 5.91 Å². The van der Waals surface area contributed by atoms with Gasteiger partial charge in [-0.15, -0.1) is 0 Å². The Labute approximate surface area is 120 Å². The number of ether oxygens (including phenoxy) is 2. The molecule has 0 spiro atoms. The molecule has 2 rings (SSSR count). The molecule has 0 atom stereocenters. The molecule has 1 aromatic rings. The number of fused-ring (bicyclic) bond motifs is 1. The Morgan fingerprint density at radius 1 is 1.45 bits per heavy atom. The van der Waals surface area contributed by atoms with Crippen LogP contribution in [0.5, 0.6) is 11.5 Å². The zero-order chi connectivity index (χ0) is 14.6. The molecule has 0 bridgehead atoms. The SMILES string of the molecule is CCCCNC(=O)COc1cccc2c1OC(C)(C)C2. The lowest BCUT2D eigenvalue weighted by Gasteiger charge is -2.18. The van der Waals surface area contributed by atoms with Gasteiger partial charge in [0.1, 0.15) is 5.60 Å². The smallest absolute Gasteiger partial charge is 0.257 e. The van der Waals surface area contributed by atoms with Crippen molar-refractivity contribution >= 4 is 5.91 Å². The van der Waals surface area contributed by atoms with Crippen molar-refractivity contribution in [3.63, 3.8) is 0 Å². The molecule has 0 radical (unpaired) electrons. The number of benzene rings is 1. The topological polar surface area (TPSA) is 47.6 Å². The van der Waals surface area contributed by atoms with E-state index in [2.05, 4.69) is 12.2 Å². The van der Waals surface area contributed by atoms with Crippen LogP contribution < -0.4 is 14.8 Å². The summed E-state index contributed by atoms with van der Waals surface area (Å²) in [7, 11) is 0. The van der Waals surface area contributed by atoms with E-state index in [1.807, 2.05) is 32.0 Å². The molecule has 1 aromatic carbocycles. The van der Waals surface area contributed by atoms with E-state index in [-0.39, 0.29) is 18.1 Å². The third-order valence-electron chi connectivity index (χ3n) is 3.27. The highest BCUT2D eigenvalue weighted by Crippen LogP contribution is 2.41. The van der Waals surface area contributed by atoms with E-state index in [1.54, 1.807) is 0 Å². The van der Waals surface area contributed by atoms with Gasteiger partial charge in [-0.05, 0) is 26.3 Å². The Hall–Kier alpha value is -1.71. The van der Waals surface area contributed by atoms with Crippen molar-refractivity contribution in [3.8, 4) is 11.5 Å². The summed E-state index contributed by atoms with van der Waals surface area (Å²) in [5.74, 6) is 1.34. The van der Waals surface area contributed by atoms with Crippen molar-refractivity contribution < 1.29 is 14.3 Å². The van der Waals surface area contributed by atoms with Crippen LogP contribution >= 0.6 is 0 Å². The maximum atomic E-state index is 11.6. The average Bonchev–Trinajstić information content (AvgIpc) is 2.71. The van der Waals surface area contributed by atoms with Gasteiger partial charge in [0.05, 0.1) is 0 Å². The Kier molecular flexibility index (Phi) is 4.53. The molecule has 0 saturated carbocycles. The third kappa shape index (κ3) is 3.65. The van der Waals surface area contributed by atoms with Gasteiger partial charge < -0.3 is 14.8 Å². The van der Waals surface area contributed by atoms with Crippen molar-refractivity contribution in [2.75, 3.05) is 13.2 Å². The Morgan fingerprint density at radius 3 is 3.00 bits per heavy atom. The molecule has 0 saturated heterocycles. The van der Waals surface area contributed by atoms with Crippen LogP contribution in [0.3, 0.4) is 0 Å². The molecule has 0 aliphatic carbocycles. The van der Waals surface area contributed by atoms with E-state index in [4.69, 9.17) is 9.47 Å². The number of carbonyl (C=O) groups is 1. The van der Waals surface area contributed by atoms with Crippen LogP contribution in [-0.2, 0) is 11.2 Å². The van der Waals surface area contributed by atoms with E-state index < -0.39 is 0 Å². The van der Waals surface area contributed by atoms with Crippen LogP contribution in [0.25, 0.3) is 0 Å². The number of carbonyl (C=O) groups excluding carboxylic acids is 1. The zero-order valence-corrected chi connectivity index (χ0v) is 12.5. The summed E-state index contributed by atoms with van der Waals surface area (Å²) < 4.78 is 11.5. The summed E-state index contributed by atoms with van der Waals surface area (Å²) in [5.41, 5.74) is 0.935. The maximum absolute atomic E-state index is 11.6. The first-order chi connectivity index (χ1) is 9.52. The predicted octanol–water partition coefficient (Wildman–Crippen LogP) is 2.70. The minimum Gasteiger partial charge on any atom is -0.483 e. The largest absolute Gasteiger partial charge is 0.483 e. The molecule has 1 aliphatic rings. The zero-order valence-electron chi connectivity index (χ0n) is 12.5. The molecule has 1 amide bonds. The van der Waals surface area contributed by atoms with Crippen LogP contribution in [0.4, 0.5) is 0 Å². The van der Waals surface area contributed by atoms with Gasteiger partial charge in [-0.2, -0.15) is 0 Å². The molecule has 1 N–H and O–H groups in total. The summed E-state index contributed by atoms with van der Waals surface area (Å²) in [5, 5.41) is 2.83. The molecule has 0 fully saturated rings. The highest BCUT2D eigenvalue weighted by molar-refractivity contribution is 5.77. The van der Waals surface area contributed by atoms with Gasteiger partial charge in [-0.1, -0.05) is 25.5 Å². The Morgan fingerprint density at radius 2 is 2.25 bits per heavy atom. The number of para-hydroxylation sites is 1. The molecule has 4 heteroatoms. The Balaban J connectivity index is 1.92. The first-order valence-electron chi connectivity index (χ1n) is 7.22. The standard InChI is InChI=1S/C16H23NO3/c1-4-5-9-17-14(18)11-19-13-8-6-7-12-10-16(2,3)20-15(12)13/h6-8H,4-5,9-11H2,1-3H3,(H,17,18). The van der Waals surface area contributed by atoms with Crippen LogP contribution in [0.2, 0.25) is 0 Å². The van der Waals surface area contributed by atoms with Crippen molar-refractivity contribution in [2.45, 2.75) is 45.6 Å². The fraction of sp³-hybridized carbons (Fsp3) is 0.562. The number of nitrogens with one attached hydrogen (secondary N) is 1. The molecular formula is C16H23NO3. The molecule has 0 aromatic heterocycles. The molecule has 1 heterocycles. The summed E-state index contributed by atoms with van der Waals surface area (Å²) in [6.45, 7) is 6.93. The highest BCUT2D eigenvalue weighted by atomic mass is 16.5. The molecular weight excluding hydrogens is 254 g/mol. The maximum Gasteiger partial charge on any atom is 0.257 e. The number of amides is 1. The average molecular weight is 277 g/mol. The van der Waals surface area contributed by atoms with Crippen LogP contribution in [-0.4, -0.2) is 24.7 Å². The molecule has 20 heavy (non-hydrogen) atoms. The lowest BCUT2D eigenvalue weighted by molar-refractivity contribution is -0.123. The van der Waals surface area contributed by atoms with E-state index in [0.717, 1.165) is 30.6 Å². The Bertz CT molecular complexity index is 483. The van der Waals surface area contributed by atoms with Gasteiger partial charge >= 0.3 is 0 Å². The van der Waals surface area contributed by atoms with E-state index in [1.165, 1.54) is 0 Å². The van der Waals surface area contributed by atoms with E-state index in [0.29, 0.717) is 12.3 Å². The minimum absolute atomic E-state index is 0.0317. The molecule has 110 valence electrons. The monoisotopic (exact) mass is 277 g/mol. The third-order valence-corrected chi connectivity index (χ3v) is 3.27. The van der Waals surface area contributed by atoms with Crippen LogP contribution in [0.1, 0.15) is 39.2 Å². The first-order valence-corrected chi connectivity index (χ1v) is 7.22. The van der Waals surface area contributed by atoms with Crippen LogP contribution in [0.15, 0.2) is 18.2 Å². The fourth-order valence-electron chi connectivity index (χ4n) is 2.30. The number of hydrogen-bond donors (Lipinski definition) is 1. The van der Waals surface area contributed by atoms with Crippen molar-refractivity contribution in [1.29, 1.82) is 0 Å². The van der Waals surface area contributed by atoms with Gasteiger partial charge in [-0.25, -0.2) is 0 Å². The predicted molar refractivity (Wildman–Crippen MR) is 78.3 cm³/mol. The summed E-state index contributed by atoms with van der Waals surface area (Å²) >= 11 is 0. The summed E-state index contributed by atoms with van der Waals surface area (Å²) in [4.78, 5) is 11.6. The van der Waals surface area contributed by atoms with E-state index in [9.17, 15) is 4.79 Å². The van der Waals surface area contributed by atoms with Gasteiger partial charge in [-0.3, -0.25) is 4.79 Å². The second-order valence-electron chi connectivity index (χ2n) is 5.78. The second-order valence-corrected chi connectivity index (χ2v) is 5.78. The molecule has 1 aliphatic heterocycles. The normalized spacial score (nSPS) is 15.3. The first kappa shape index (κ1) is 14.7. The molecule has 4 nitrogen and oxygen atoms in total. The lowest BCUT2D eigenvalue weighted by Crippen LogP contribution is -2.29. The van der Waals surface area contributed by atoms with Crippen molar-refractivity contribution in [3.05, 3.63) is 23.8 Å². The molecule has 0 unspecified atom stereocenters. The summed E-state index contributed by atoms with van der Waals surface area (Å²) in [6.07, 6.45) is 2.92. The van der Waals surface area contributed by atoms with E-state index >= 15 is 0 Å². The lowest BCUT2D eigenvalue weighted by atomic mass is 10.0. The van der Waals surface area contributed by atoms with Gasteiger partial charge in [0, 0.05) is 18.5 Å².